The van der Waals surface area contributed by atoms with E-state index in [-0.39, 0.29) is 24.7 Å². The quantitative estimate of drug-likeness (QED) is 0.853. The molecule has 1 amide bonds. The van der Waals surface area contributed by atoms with Crippen molar-refractivity contribution in [2.24, 2.45) is 0 Å². The van der Waals surface area contributed by atoms with Gasteiger partial charge in [-0.2, -0.15) is 0 Å². The molecule has 1 heterocycles. The van der Waals surface area contributed by atoms with Crippen molar-refractivity contribution < 1.29 is 19.4 Å². The van der Waals surface area contributed by atoms with Gasteiger partial charge in [-0.15, -0.1) is 0 Å². The molecule has 1 aliphatic heterocycles. The Bertz CT molecular complexity index is 363. The second-order valence-electron chi connectivity index (χ2n) is 6.53. The molecule has 1 N–H and O–H groups in total. The Morgan fingerprint density at radius 2 is 2.00 bits per heavy atom. The maximum Gasteiger partial charge on any atom is 0.410 e. The van der Waals surface area contributed by atoms with Gasteiger partial charge in [-0.3, -0.25) is 9.69 Å². The van der Waals surface area contributed by atoms with Gasteiger partial charge in [-0.25, -0.2) is 4.79 Å². The molecular formula is C14H26N2O4. The van der Waals surface area contributed by atoms with Crippen molar-refractivity contribution in [2.75, 3.05) is 19.6 Å². The van der Waals surface area contributed by atoms with Crippen molar-refractivity contribution in [2.45, 2.75) is 58.7 Å². The Hall–Kier alpha value is -1.30. The molecule has 1 rings (SSSR count). The van der Waals surface area contributed by atoms with Gasteiger partial charge in [0.2, 0.25) is 0 Å². The van der Waals surface area contributed by atoms with Crippen molar-refractivity contribution >= 4 is 12.1 Å². The number of carbonyl (C=O) groups is 2. The van der Waals surface area contributed by atoms with Crippen molar-refractivity contribution in [3.05, 3.63) is 0 Å². The number of hydrogen-bond acceptors (Lipinski definition) is 4. The van der Waals surface area contributed by atoms with E-state index in [0.29, 0.717) is 13.1 Å². The summed E-state index contributed by atoms with van der Waals surface area (Å²) in [7, 11) is 0. The van der Waals surface area contributed by atoms with Crippen LogP contribution in [-0.2, 0) is 9.53 Å². The van der Waals surface area contributed by atoms with E-state index in [1.165, 1.54) is 0 Å². The summed E-state index contributed by atoms with van der Waals surface area (Å²) in [4.78, 5) is 26.5. The number of aliphatic carboxylic acids is 1. The van der Waals surface area contributed by atoms with Crippen LogP contribution in [0, 0.1) is 0 Å². The first-order chi connectivity index (χ1) is 9.10. The van der Waals surface area contributed by atoms with Gasteiger partial charge >= 0.3 is 12.1 Å². The van der Waals surface area contributed by atoms with E-state index in [1.807, 2.05) is 39.5 Å². The van der Waals surface area contributed by atoms with Crippen LogP contribution in [-0.4, -0.2) is 64.3 Å². The van der Waals surface area contributed by atoms with Crippen LogP contribution in [0.15, 0.2) is 0 Å². The predicted molar refractivity (Wildman–Crippen MR) is 75.7 cm³/mol. The highest BCUT2D eigenvalue weighted by Crippen LogP contribution is 2.20. The maximum atomic E-state index is 12.0. The van der Waals surface area contributed by atoms with E-state index in [4.69, 9.17) is 9.84 Å². The second kappa shape index (κ2) is 6.43. The van der Waals surface area contributed by atoms with E-state index in [1.54, 1.807) is 4.90 Å². The van der Waals surface area contributed by atoms with Crippen molar-refractivity contribution in [3.63, 3.8) is 0 Å². The van der Waals surface area contributed by atoms with Crippen LogP contribution in [0.5, 0.6) is 0 Å². The third-order valence-electron chi connectivity index (χ3n) is 3.27. The zero-order valence-electron chi connectivity index (χ0n) is 13.0. The first-order valence-corrected chi connectivity index (χ1v) is 7.05. The predicted octanol–water partition coefficient (Wildman–Crippen LogP) is 1.79. The number of amides is 1. The zero-order chi connectivity index (χ0) is 15.5. The van der Waals surface area contributed by atoms with Gasteiger partial charge in [0, 0.05) is 25.2 Å². The lowest BCUT2D eigenvalue weighted by atomic mass is 10.1. The fraction of sp³-hybridized carbons (Fsp3) is 0.857. The Balaban J connectivity index is 2.61. The summed E-state index contributed by atoms with van der Waals surface area (Å²) >= 11 is 0. The van der Waals surface area contributed by atoms with Gasteiger partial charge in [0.1, 0.15) is 5.60 Å². The lowest BCUT2D eigenvalue weighted by molar-refractivity contribution is -0.139. The summed E-state index contributed by atoms with van der Waals surface area (Å²) in [5.74, 6) is -0.839. The van der Waals surface area contributed by atoms with Crippen LogP contribution in [0.1, 0.15) is 41.0 Å². The molecule has 0 aromatic rings. The minimum absolute atomic E-state index is 0.00446. The molecule has 0 spiro atoms. The van der Waals surface area contributed by atoms with Gasteiger partial charge in [0.25, 0.3) is 0 Å². The summed E-state index contributed by atoms with van der Waals surface area (Å²) in [6.07, 6.45) is 0.462. The Labute approximate surface area is 120 Å². The molecule has 1 aliphatic rings. The molecule has 6 heteroatoms. The van der Waals surface area contributed by atoms with E-state index in [0.717, 1.165) is 6.42 Å². The fourth-order valence-electron chi connectivity index (χ4n) is 2.39. The Morgan fingerprint density at radius 1 is 1.40 bits per heavy atom. The standard InChI is InChI=1S/C14H26N2O4/c1-10(2)16(9-12(17)18)11-6-7-15(8-11)13(19)20-14(3,4)5/h10-11H,6-9H2,1-5H3,(H,17,18)/t11-/m0/s1. The van der Waals surface area contributed by atoms with E-state index in [2.05, 4.69) is 0 Å². The van der Waals surface area contributed by atoms with Crippen molar-refractivity contribution in [1.82, 2.24) is 9.80 Å². The van der Waals surface area contributed by atoms with Crippen LogP contribution < -0.4 is 0 Å². The van der Waals surface area contributed by atoms with Crippen molar-refractivity contribution in [1.29, 1.82) is 0 Å². The molecular weight excluding hydrogens is 260 g/mol. The van der Waals surface area contributed by atoms with Gasteiger partial charge in [-0.05, 0) is 41.0 Å². The second-order valence-corrected chi connectivity index (χ2v) is 6.53. The Kier molecular flexibility index (Phi) is 5.39. The largest absolute Gasteiger partial charge is 0.480 e. The van der Waals surface area contributed by atoms with Gasteiger partial charge < -0.3 is 14.7 Å². The fourth-order valence-corrected chi connectivity index (χ4v) is 2.39. The average molecular weight is 286 g/mol. The monoisotopic (exact) mass is 286 g/mol. The summed E-state index contributed by atoms with van der Waals surface area (Å²) < 4.78 is 5.34. The number of ether oxygens (including phenoxy) is 1. The number of carboxylic acid groups (broad SMARTS) is 1. The van der Waals surface area contributed by atoms with Crippen LogP contribution in [0.3, 0.4) is 0 Å². The molecule has 20 heavy (non-hydrogen) atoms. The number of rotatable bonds is 4. The molecule has 1 saturated heterocycles. The van der Waals surface area contributed by atoms with Crippen molar-refractivity contribution in [3.8, 4) is 0 Å². The first-order valence-electron chi connectivity index (χ1n) is 7.05. The smallest absolute Gasteiger partial charge is 0.410 e. The molecule has 1 atom stereocenters. The zero-order valence-corrected chi connectivity index (χ0v) is 13.0. The number of carbonyl (C=O) groups excluding carboxylic acids is 1. The Morgan fingerprint density at radius 3 is 2.45 bits per heavy atom. The summed E-state index contributed by atoms with van der Waals surface area (Å²) in [6, 6.07) is 0.216. The lowest BCUT2D eigenvalue weighted by Gasteiger charge is -2.31. The molecule has 0 aromatic carbocycles. The van der Waals surface area contributed by atoms with E-state index in [9.17, 15) is 9.59 Å². The van der Waals surface area contributed by atoms with Gasteiger partial charge in [0.15, 0.2) is 0 Å². The highest BCUT2D eigenvalue weighted by Gasteiger charge is 2.34. The van der Waals surface area contributed by atoms with Crippen LogP contribution in [0.4, 0.5) is 4.79 Å². The van der Waals surface area contributed by atoms with Gasteiger partial charge in [-0.1, -0.05) is 0 Å². The van der Waals surface area contributed by atoms with Crippen LogP contribution in [0.2, 0.25) is 0 Å². The molecule has 1 fully saturated rings. The first kappa shape index (κ1) is 16.8. The summed E-state index contributed by atoms with van der Waals surface area (Å²) in [6.45, 7) is 10.6. The minimum Gasteiger partial charge on any atom is -0.480 e. The summed E-state index contributed by atoms with van der Waals surface area (Å²) in [5, 5.41) is 8.97. The molecule has 0 unspecified atom stereocenters. The van der Waals surface area contributed by atoms with Gasteiger partial charge in [0.05, 0.1) is 6.54 Å². The highest BCUT2D eigenvalue weighted by molar-refractivity contribution is 5.70. The van der Waals surface area contributed by atoms with Crippen LogP contribution >= 0.6 is 0 Å². The van der Waals surface area contributed by atoms with E-state index >= 15 is 0 Å². The minimum atomic E-state index is -0.839. The summed E-state index contributed by atoms with van der Waals surface area (Å²) in [5.41, 5.74) is -0.506. The number of nitrogens with zero attached hydrogens (tertiary/aromatic N) is 2. The highest BCUT2D eigenvalue weighted by atomic mass is 16.6. The maximum absolute atomic E-state index is 12.0. The molecule has 6 nitrogen and oxygen atoms in total. The van der Waals surface area contributed by atoms with E-state index < -0.39 is 11.6 Å². The third-order valence-corrected chi connectivity index (χ3v) is 3.27. The molecule has 0 aromatic heterocycles. The average Bonchev–Trinajstić information content (AvgIpc) is 2.71. The molecule has 0 aliphatic carbocycles. The lowest BCUT2D eigenvalue weighted by Crippen LogP contribution is -2.45. The number of likely N-dealkylation sites (tertiary alicyclic amines) is 1. The molecule has 0 bridgehead atoms. The third kappa shape index (κ3) is 5.00. The number of hydrogen-bond donors (Lipinski definition) is 1. The molecule has 0 saturated carbocycles. The molecule has 116 valence electrons. The SMILES string of the molecule is CC(C)N(CC(=O)O)[C@H]1CCN(C(=O)OC(C)(C)C)C1. The molecule has 0 radical (unpaired) electrons. The number of carboxylic acids is 1. The van der Waals surface area contributed by atoms with Crippen LogP contribution in [0.25, 0.3) is 0 Å². The normalized spacial score (nSPS) is 19.8. The topological polar surface area (TPSA) is 70.1 Å².